The van der Waals surface area contributed by atoms with Crippen molar-refractivity contribution in [2.24, 2.45) is 0 Å². The van der Waals surface area contributed by atoms with Crippen molar-refractivity contribution in [1.82, 2.24) is 5.32 Å². The summed E-state index contributed by atoms with van der Waals surface area (Å²) < 4.78 is 4.87. The Morgan fingerprint density at radius 2 is 2.36 bits per heavy atom. The minimum atomic E-state index is -0.326. The van der Waals surface area contributed by atoms with Crippen molar-refractivity contribution in [3.63, 3.8) is 0 Å². The van der Waals surface area contributed by atoms with Crippen LogP contribution in [0.3, 0.4) is 0 Å². The molecule has 82 valence electrons. The van der Waals surface area contributed by atoms with Gasteiger partial charge in [0, 0.05) is 6.04 Å². The van der Waals surface area contributed by atoms with Crippen LogP contribution < -0.4 is 5.32 Å². The van der Waals surface area contributed by atoms with Crippen molar-refractivity contribution in [3.05, 3.63) is 0 Å². The van der Waals surface area contributed by atoms with E-state index in [0.29, 0.717) is 6.61 Å². The molecule has 0 heterocycles. The average Bonchev–Trinajstić information content (AvgIpc) is 2.52. The smallest absolute Gasteiger partial charge is 0.322 e. The molecule has 1 aliphatic carbocycles. The summed E-state index contributed by atoms with van der Waals surface area (Å²) in [6, 6.07) is -0.276. The lowest BCUT2D eigenvalue weighted by atomic mass is 10.2. The van der Waals surface area contributed by atoms with Crippen molar-refractivity contribution >= 4 is 5.97 Å². The second-order valence-corrected chi connectivity index (χ2v) is 3.75. The van der Waals surface area contributed by atoms with E-state index >= 15 is 0 Å². The number of ether oxygens (including phenoxy) is 1. The lowest BCUT2D eigenvalue weighted by Gasteiger charge is -2.20. The van der Waals surface area contributed by atoms with Gasteiger partial charge in [0.1, 0.15) is 6.04 Å². The Labute approximate surface area is 84.6 Å². The van der Waals surface area contributed by atoms with Crippen LogP contribution in [0.5, 0.6) is 0 Å². The van der Waals surface area contributed by atoms with E-state index in [0.717, 1.165) is 19.3 Å². The number of esters is 1. The maximum Gasteiger partial charge on any atom is 0.322 e. The summed E-state index contributed by atoms with van der Waals surface area (Å²) in [7, 11) is 0. The quantitative estimate of drug-likeness (QED) is 0.648. The monoisotopic (exact) mass is 201 g/mol. The molecule has 0 aromatic rings. The topological polar surface area (TPSA) is 58.6 Å². The van der Waals surface area contributed by atoms with Crippen LogP contribution in [0.1, 0.15) is 33.1 Å². The Morgan fingerprint density at radius 3 is 2.86 bits per heavy atom. The van der Waals surface area contributed by atoms with Crippen molar-refractivity contribution < 1.29 is 14.6 Å². The molecule has 4 nitrogen and oxygen atoms in total. The number of hydrogen-bond acceptors (Lipinski definition) is 4. The number of aliphatic hydroxyl groups excluding tert-OH is 1. The normalized spacial score (nSPS) is 28.8. The van der Waals surface area contributed by atoms with Gasteiger partial charge in [0.2, 0.25) is 0 Å². The zero-order valence-corrected chi connectivity index (χ0v) is 8.82. The molecule has 0 bridgehead atoms. The first-order valence-electron chi connectivity index (χ1n) is 5.26. The molecule has 0 aliphatic heterocycles. The van der Waals surface area contributed by atoms with Crippen LogP contribution in [-0.2, 0) is 9.53 Å². The molecule has 14 heavy (non-hydrogen) atoms. The predicted molar refractivity (Wildman–Crippen MR) is 52.9 cm³/mol. The second kappa shape index (κ2) is 5.32. The largest absolute Gasteiger partial charge is 0.465 e. The van der Waals surface area contributed by atoms with E-state index in [1.807, 2.05) is 0 Å². The first-order valence-corrected chi connectivity index (χ1v) is 5.26. The molecule has 2 N–H and O–H groups in total. The van der Waals surface area contributed by atoms with Crippen LogP contribution in [0.4, 0.5) is 0 Å². The highest BCUT2D eigenvalue weighted by atomic mass is 16.5. The summed E-state index contributed by atoms with van der Waals surface area (Å²) in [5.74, 6) is -0.244. The zero-order valence-electron chi connectivity index (χ0n) is 8.82. The van der Waals surface area contributed by atoms with Gasteiger partial charge in [-0.05, 0) is 33.1 Å². The van der Waals surface area contributed by atoms with Crippen LogP contribution in [0, 0.1) is 0 Å². The van der Waals surface area contributed by atoms with E-state index in [4.69, 9.17) is 4.74 Å². The van der Waals surface area contributed by atoms with Gasteiger partial charge in [0.05, 0.1) is 12.7 Å². The summed E-state index contributed by atoms with van der Waals surface area (Å²) in [5, 5.41) is 12.6. The van der Waals surface area contributed by atoms with Gasteiger partial charge in [0.25, 0.3) is 0 Å². The number of carbonyl (C=O) groups excluding carboxylic acids is 1. The molecule has 0 radical (unpaired) electrons. The number of rotatable bonds is 4. The Bertz CT molecular complexity index is 196. The van der Waals surface area contributed by atoms with Crippen LogP contribution in [0.2, 0.25) is 0 Å². The molecular weight excluding hydrogens is 182 g/mol. The summed E-state index contributed by atoms with van der Waals surface area (Å²) in [5.41, 5.74) is 0. The van der Waals surface area contributed by atoms with E-state index < -0.39 is 0 Å². The first-order chi connectivity index (χ1) is 6.65. The summed E-state index contributed by atoms with van der Waals surface area (Å²) in [6.07, 6.45) is 2.47. The molecule has 1 saturated carbocycles. The summed E-state index contributed by atoms with van der Waals surface area (Å²) >= 11 is 0. The first kappa shape index (κ1) is 11.5. The molecular formula is C10H19NO3. The van der Waals surface area contributed by atoms with Gasteiger partial charge in [-0.15, -0.1) is 0 Å². The third kappa shape index (κ3) is 2.96. The summed E-state index contributed by atoms with van der Waals surface area (Å²) in [6.45, 7) is 3.95. The van der Waals surface area contributed by atoms with E-state index in [9.17, 15) is 9.90 Å². The van der Waals surface area contributed by atoms with Gasteiger partial charge in [-0.3, -0.25) is 10.1 Å². The molecule has 3 atom stereocenters. The third-order valence-electron chi connectivity index (χ3n) is 2.58. The van der Waals surface area contributed by atoms with Crippen molar-refractivity contribution in [1.29, 1.82) is 0 Å². The van der Waals surface area contributed by atoms with Gasteiger partial charge in [-0.25, -0.2) is 0 Å². The SMILES string of the molecule is CCOC(=O)C(C)N[C@H]1CCC[C@@H]1O. The Hall–Kier alpha value is -0.610. The Kier molecular flexibility index (Phi) is 4.35. The van der Waals surface area contributed by atoms with E-state index in [1.54, 1.807) is 13.8 Å². The minimum Gasteiger partial charge on any atom is -0.465 e. The van der Waals surface area contributed by atoms with Crippen molar-refractivity contribution in [2.45, 2.75) is 51.3 Å². The third-order valence-corrected chi connectivity index (χ3v) is 2.58. The highest BCUT2D eigenvalue weighted by Gasteiger charge is 2.28. The van der Waals surface area contributed by atoms with Crippen LogP contribution in [0.25, 0.3) is 0 Å². The van der Waals surface area contributed by atoms with Crippen molar-refractivity contribution in [3.8, 4) is 0 Å². The average molecular weight is 201 g/mol. The van der Waals surface area contributed by atoms with Gasteiger partial charge in [-0.1, -0.05) is 0 Å². The van der Waals surface area contributed by atoms with Crippen molar-refractivity contribution in [2.75, 3.05) is 6.61 Å². The van der Waals surface area contributed by atoms with Gasteiger partial charge >= 0.3 is 5.97 Å². The van der Waals surface area contributed by atoms with Crippen LogP contribution in [-0.4, -0.2) is 35.9 Å². The Balaban J connectivity index is 2.32. The standard InChI is InChI=1S/C10H19NO3/c1-3-14-10(13)7(2)11-8-5-4-6-9(8)12/h7-9,11-12H,3-6H2,1-2H3/t7?,8-,9-/m0/s1. The molecule has 1 aliphatic rings. The number of hydrogen-bond donors (Lipinski definition) is 2. The maximum atomic E-state index is 11.3. The fourth-order valence-corrected chi connectivity index (χ4v) is 1.79. The highest BCUT2D eigenvalue weighted by molar-refractivity contribution is 5.75. The fraction of sp³-hybridized carbons (Fsp3) is 0.900. The molecule has 1 rings (SSSR count). The molecule has 1 unspecified atom stereocenters. The summed E-state index contributed by atoms with van der Waals surface area (Å²) in [4.78, 5) is 11.3. The maximum absolute atomic E-state index is 11.3. The molecule has 1 fully saturated rings. The molecule has 0 aromatic carbocycles. The Morgan fingerprint density at radius 1 is 1.64 bits per heavy atom. The van der Waals surface area contributed by atoms with Gasteiger partial charge in [0.15, 0.2) is 0 Å². The second-order valence-electron chi connectivity index (χ2n) is 3.75. The number of nitrogens with one attached hydrogen (secondary N) is 1. The van der Waals surface area contributed by atoms with E-state index in [-0.39, 0.29) is 24.2 Å². The molecule has 0 aromatic heterocycles. The van der Waals surface area contributed by atoms with Gasteiger partial charge < -0.3 is 9.84 Å². The van der Waals surface area contributed by atoms with Gasteiger partial charge in [-0.2, -0.15) is 0 Å². The fourth-order valence-electron chi connectivity index (χ4n) is 1.79. The predicted octanol–water partition coefficient (Wildman–Crippen LogP) is 0.441. The number of aliphatic hydroxyl groups is 1. The molecule has 0 spiro atoms. The van der Waals surface area contributed by atoms with Crippen LogP contribution in [0.15, 0.2) is 0 Å². The lowest BCUT2D eigenvalue weighted by Crippen LogP contribution is -2.45. The molecule has 0 amide bonds. The van der Waals surface area contributed by atoms with E-state index in [1.165, 1.54) is 0 Å². The minimum absolute atomic E-state index is 0.0504. The van der Waals surface area contributed by atoms with Crippen LogP contribution >= 0.6 is 0 Å². The lowest BCUT2D eigenvalue weighted by molar-refractivity contribution is -0.145. The zero-order chi connectivity index (χ0) is 10.6. The van der Waals surface area contributed by atoms with E-state index in [2.05, 4.69) is 5.32 Å². The molecule has 4 heteroatoms. The number of carbonyl (C=O) groups is 1. The highest BCUT2D eigenvalue weighted by Crippen LogP contribution is 2.19. The molecule has 0 saturated heterocycles.